The first kappa shape index (κ1) is 14.8. The molecule has 1 aliphatic rings. The van der Waals surface area contributed by atoms with Gasteiger partial charge in [-0.2, -0.15) is 0 Å². The third-order valence-corrected chi connectivity index (χ3v) is 4.52. The van der Waals surface area contributed by atoms with Crippen LogP contribution in [0.25, 0.3) is 0 Å². The van der Waals surface area contributed by atoms with Crippen LogP contribution in [0.3, 0.4) is 0 Å². The zero-order valence-corrected chi connectivity index (χ0v) is 13.4. The Bertz CT molecular complexity index is 657. The second-order valence-corrected chi connectivity index (χ2v) is 6.26. The van der Waals surface area contributed by atoms with Gasteiger partial charge in [-0.05, 0) is 18.1 Å². The summed E-state index contributed by atoms with van der Waals surface area (Å²) in [6.07, 6.45) is 2.43. The molecule has 0 spiro atoms. The quantitative estimate of drug-likeness (QED) is 0.868. The number of carbonyl (C=O) groups is 1. The predicted molar refractivity (Wildman–Crippen MR) is 84.3 cm³/mol. The molecule has 1 aromatic heterocycles. The molecule has 5 nitrogen and oxygen atoms in total. The van der Waals surface area contributed by atoms with E-state index in [4.69, 9.17) is 9.47 Å². The lowest BCUT2D eigenvalue weighted by Crippen LogP contribution is -2.38. The van der Waals surface area contributed by atoms with Gasteiger partial charge >= 0.3 is 0 Å². The zero-order valence-electron chi connectivity index (χ0n) is 12.6. The largest absolute Gasteiger partial charge is 0.493 e. The lowest BCUT2D eigenvalue weighted by atomic mass is 9.95. The van der Waals surface area contributed by atoms with E-state index in [1.54, 1.807) is 29.5 Å². The van der Waals surface area contributed by atoms with Crippen molar-refractivity contribution in [2.24, 2.45) is 5.92 Å². The Morgan fingerprint density at radius 3 is 3.14 bits per heavy atom. The standard InChI is InChI=1S/C16H18N2O3S/c1-18(9-14-17-6-7-22-14)16(19)12-8-11-4-3-5-13(20-2)15(11)21-10-12/h3-7,12H,8-10H2,1-2H3. The van der Waals surface area contributed by atoms with Crippen LogP contribution in [0.2, 0.25) is 0 Å². The molecule has 1 aromatic carbocycles. The molecule has 0 fully saturated rings. The Hall–Kier alpha value is -2.08. The molecule has 0 radical (unpaired) electrons. The highest BCUT2D eigenvalue weighted by Gasteiger charge is 2.29. The van der Waals surface area contributed by atoms with Gasteiger partial charge in [0.05, 0.1) is 19.6 Å². The van der Waals surface area contributed by atoms with E-state index in [0.717, 1.165) is 22.1 Å². The average molecular weight is 318 g/mol. The summed E-state index contributed by atoms with van der Waals surface area (Å²) in [6.45, 7) is 0.923. The van der Waals surface area contributed by atoms with Crippen LogP contribution in [0, 0.1) is 5.92 Å². The van der Waals surface area contributed by atoms with Gasteiger partial charge in [-0.1, -0.05) is 12.1 Å². The number of amides is 1. The molecule has 1 aliphatic heterocycles. The maximum absolute atomic E-state index is 12.6. The smallest absolute Gasteiger partial charge is 0.229 e. The number of methoxy groups -OCH3 is 1. The normalized spacial score (nSPS) is 16.5. The molecule has 22 heavy (non-hydrogen) atoms. The Morgan fingerprint density at radius 1 is 1.55 bits per heavy atom. The summed E-state index contributed by atoms with van der Waals surface area (Å²) in [5, 5.41) is 2.86. The molecule has 0 bridgehead atoms. The van der Waals surface area contributed by atoms with Crippen LogP contribution in [0.1, 0.15) is 10.6 Å². The third-order valence-electron chi connectivity index (χ3n) is 3.76. The van der Waals surface area contributed by atoms with Crippen LogP contribution in [-0.4, -0.2) is 36.6 Å². The molecule has 0 saturated carbocycles. The van der Waals surface area contributed by atoms with Crippen molar-refractivity contribution in [3.8, 4) is 11.5 Å². The van der Waals surface area contributed by atoms with E-state index in [1.165, 1.54) is 0 Å². The molecule has 2 aromatic rings. The number of rotatable bonds is 4. The molecule has 1 atom stereocenters. The topological polar surface area (TPSA) is 51.7 Å². The predicted octanol–water partition coefficient (Wildman–Crippen LogP) is 2.36. The summed E-state index contributed by atoms with van der Waals surface area (Å²) < 4.78 is 11.1. The Kier molecular flexibility index (Phi) is 4.29. The second-order valence-electron chi connectivity index (χ2n) is 5.28. The van der Waals surface area contributed by atoms with Crippen LogP contribution < -0.4 is 9.47 Å². The van der Waals surface area contributed by atoms with E-state index >= 15 is 0 Å². The molecule has 6 heteroatoms. The van der Waals surface area contributed by atoms with Crippen molar-refractivity contribution in [2.75, 3.05) is 20.8 Å². The summed E-state index contributed by atoms with van der Waals surface area (Å²) in [7, 11) is 3.43. The molecule has 0 aliphatic carbocycles. The van der Waals surface area contributed by atoms with Gasteiger partial charge < -0.3 is 14.4 Å². The van der Waals surface area contributed by atoms with Crippen molar-refractivity contribution in [2.45, 2.75) is 13.0 Å². The Balaban J connectivity index is 1.70. The van der Waals surface area contributed by atoms with Crippen molar-refractivity contribution >= 4 is 17.2 Å². The Labute approximate surface area is 133 Å². The molecule has 0 saturated heterocycles. The van der Waals surface area contributed by atoms with E-state index in [0.29, 0.717) is 19.6 Å². The van der Waals surface area contributed by atoms with Gasteiger partial charge in [0, 0.05) is 18.6 Å². The van der Waals surface area contributed by atoms with Gasteiger partial charge in [-0.15, -0.1) is 11.3 Å². The summed E-state index contributed by atoms with van der Waals surface area (Å²) >= 11 is 1.56. The first-order valence-electron chi connectivity index (χ1n) is 7.11. The van der Waals surface area contributed by atoms with Crippen LogP contribution in [-0.2, 0) is 17.8 Å². The van der Waals surface area contributed by atoms with Crippen LogP contribution in [0.15, 0.2) is 29.8 Å². The molecule has 1 unspecified atom stereocenters. The van der Waals surface area contributed by atoms with Crippen molar-refractivity contribution in [1.82, 2.24) is 9.88 Å². The number of fused-ring (bicyclic) bond motifs is 1. The Morgan fingerprint density at radius 2 is 2.41 bits per heavy atom. The summed E-state index contributed by atoms with van der Waals surface area (Å²) in [5.74, 6) is 1.41. The van der Waals surface area contributed by atoms with E-state index in [2.05, 4.69) is 4.98 Å². The SMILES string of the molecule is COc1cccc2c1OCC(C(=O)N(C)Cc1nccs1)C2. The lowest BCUT2D eigenvalue weighted by Gasteiger charge is -2.28. The van der Waals surface area contributed by atoms with E-state index in [9.17, 15) is 4.79 Å². The van der Waals surface area contributed by atoms with E-state index < -0.39 is 0 Å². The zero-order chi connectivity index (χ0) is 15.5. The van der Waals surface area contributed by atoms with Gasteiger partial charge in [0.15, 0.2) is 11.5 Å². The van der Waals surface area contributed by atoms with Crippen molar-refractivity contribution in [3.63, 3.8) is 0 Å². The maximum Gasteiger partial charge on any atom is 0.229 e. The number of para-hydroxylation sites is 1. The summed E-state index contributed by atoms with van der Waals surface area (Å²) in [6, 6.07) is 5.78. The number of thiazole rings is 1. The van der Waals surface area contributed by atoms with E-state index in [-0.39, 0.29) is 11.8 Å². The van der Waals surface area contributed by atoms with Gasteiger partial charge in [0.25, 0.3) is 0 Å². The number of carbonyl (C=O) groups excluding carboxylic acids is 1. The fraction of sp³-hybridized carbons (Fsp3) is 0.375. The number of benzene rings is 1. The second kappa shape index (κ2) is 6.36. The number of hydrogen-bond donors (Lipinski definition) is 0. The number of hydrogen-bond acceptors (Lipinski definition) is 5. The van der Waals surface area contributed by atoms with Crippen molar-refractivity contribution in [1.29, 1.82) is 0 Å². The number of ether oxygens (including phenoxy) is 2. The fourth-order valence-corrected chi connectivity index (χ4v) is 3.31. The van der Waals surface area contributed by atoms with Crippen LogP contribution >= 0.6 is 11.3 Å². The molecule has 0 N–H and O–H groups in total. The van der Waals surface area contributed by atoms with Gasteiger partial charge in [0.2, 0.25) is 5.91 Å². The van der Waals surface area contributed by atoms with Gasteiger partial charge in [-0.3, -0.25) is 4.79 Å². The van der Waals surface area contributed by atoms with Crippen LogP contribution in [0.5, 0.6) is 11.5 Å². The highest BCUT2D eigenvalue weighted by molar-refractivity contribution is 7.09. The lowest BCUT2D eigenvalue weighted by molar-refractivity contribution is -0.136. The van der Waals surface area contributed by atoms with Crippen molar-refractivity contribution in [3.05, 3.63) is 40.3 Å². The average Bonchev–Trinajstić information content (AvgIpc) is 3.05. The molecule has 1 amide bonds. The van der Waals surface area contributed by atoms with Gasteiger partial charge in [-0.25, -0.2) is 4.98 Å². The highest BCUT2D eigenvalue weighted by atomic mass is 32.1. The monoisotopic (exact) mass is 318 g/mol. The third kappa shape index (κ3) is 2.92. The molecular weight excluding hydrogens is 300 g/mol. The number of nitrogens with zero attached hydrogens (tertiary/aromatic N) is 2. The van der Waals surface area contributed by atoms with E-state index in [1.807, 2.05) is 30.6 Å². The number of aromatic nitrogens is 1. The maximum atomic E-state index is 12.6. The van der Waals surface area contributed by atoms with Gasteiger partial charge in [0.1, 0.15) is 11.6 Å². The molecule has 3 rings (SSSR count). The summed E-state index contributed by atoms with van der Waals surface area (Å²) in [4.78, 5) is 18.5. The minimum absolute atomic E-state index is 0.0867. The van der Waals surface area contributed by atoms with Crippen molar-refractivity contribution < 1.29 is 14.3 Å². The highest BCUT2D eigenvalue weighted by Crippen LogP contribution is 2.36. The fourth-order valence-electron chi connectivity index (χ4n) is 2.64. The summed E-state index contributed by atoms with van der Waals surface area (Å²) in [5.41, 5.74) is 1.02. The minimum Gasteiger partial charge on any atom is -0.493 e. The minimum atomic E-state index is -0.162. The first-order chi connectivity index (χ1) is 10.7. The first-order valence-corrected chi connectivity index (χ1v) is 7.99. The molecule has 2 heterocycles. The van der Waals surface area contributed by atoms with Crippen LogP contribution in [0.4, 0.5) is 0 Å². The molecule has 116 valence electrons. The molecular formula is C16H18N2O3S.